The van der Waals surface area contributed by atoms with Crippen molar-refractivity contribution in [2.24, 2.45) is 0 Å². The molecule has 1 aliphatic rings. The molecule has 0 radical (unpaired) electrons. The molecule has 0 aliphatic carbocycles. The van der Waals surface area contributed by atoms with Gasteiger partial charge in [-0.3, -0.25) is 14.3 Å². The normalized spacial score (nSPS) is 16.1. The first-order chi connectivity index (χ1) is 9.60. The number of rotatable bonds is 3. The first kappa shape index (κ1) is 14.4. The van der Waals surface area contributed by atoms with Crippen LogP contribution in [0.25, 0.3) is 0 Å². The van der Waals surface area contributed by atoms with Gasteiger partial charge in [0.1, 0.15) is 12.4 Å². The summed E-state index contributed by atoms with van der Waals surface area (Å²) in [7, 11) is 0. The predicted octanol–water partition coefficient (Wildman–Crippen LogP) is -0.0638. The molecule has 0 aromatic carbocycles. The Labute approximate surface area is 118 Å². The Bertz CT molecular complexity index is 485. The lowest BCUT2D eigenvalue weighted by Gasteiger charge is -2.21. The van der Waals surface area contributed by atoms with Crippen LogP contribution in [0.4, 0.5) is 5.82 Å². The topological polar surface area (TPSA) is 84.5 Å². The van der Waals surface area contributed by atoms with Crippen molar-refractivity contribution in [3.63, 3.8) is 0 Å². The fourth-order valence-corrected chi connectivity index (χ4v) is 2.34. The fraction of sp³-hybridized carbons (Fsp3) is 0.615. The van der Waals surface area contributed by atoms with Gasteiger partial charge in [0.2, 0.25) is 11.8 Å². The van der Waals surface area contributed by atoms with Gasteiger partial charge in [-0.05, 0) is 12.5 Å². The minimum absolute atomic E-state index is 0.0129. The Morgan fingerprint density at radius 2 is 1.85 bits per heavy atom. The molecule has 0 bridgehead atoms. The van der Waals surface area contributed by atoms with Crippen molar-refractivity contribution in [3.8, 4) is 0 Å². The van der Waals surface area contributed by atoms with E-state index in [1.165, 1.54) is 4.68 Å². The van der Waals surface area contributed by atoms with E-state index in [9.17, 15) is 9.59 Å². The molecule has 2 amide bonds. The number of carbonyl (C=O) groups excluding carboxylic acids is 2. The zero-order valence-corrected chi connectivity index (χ0v) is 11.8. The van der Waals surface area contributed by atoms with Crippen molar-refractivity contribution in [1.29, 1.82) is 0 Å². The molecule has 2 N–H and O–H groups in total. The minimum atomic E-state index is 0.0129. The van der Waals surface area contributed by atoms with Crippen LogP contribution in [0.1, 0.15) is 19.8 Å². The lowest BCUT2D eigenvalue weighted by Crippen LogP contribution is -2.38. The second-order valence-electron chi connectivity index (χ2n) is 4.91. The number of hydrogen-bond donors (Lipinski definition) is 1. The van der Waals surface area contributed by atoms with Crippen molar-refractivity contribution in [3.05, 3.63) is 12.3 Å². The number of aromatic nitrogens is 2. The minimum Gasteiger partial charge on any atom is -0.382 e. The summed E-state index contributed by atoms with van der Waals surface area (Å²) in [5, 5.41) is 4.01. The SMILES string of the molecule is CCC(=O)N1CCCN(C(=O)Cn2ccc(N)n2)CC1. The zero-order chi connectivity index (χ0) is 14.5. The number of hydrogen-bond acceptors (Lipinski definition) is 4. The third kappa shape index (κ3) is 3.49. The standard InChI is InChI=1S/C13H21N5O2/c1-2-12(19)16-5-3-6-17(9-8-16)13(20)10-18-7-4-11(14)15-18/h4,7H,2-3,5-6,8-10H2,1H3,(H2,14,15). The summed E-state index contributed by atoms with van der Waals surface area (Å²) in [6, 6.07) is 1.66. The van der Waals surface area contributed by atoms with Gasteiger partial charge in [-0.1, -0.05) is 6.92 Å². The van der Waals surface area contributed by atoms with E-state index in [2.05, 4.69) is 5.10 Å². The van der Waals surface area contributed by atoms with Crippen LogP contribution in [-0.2, 0) is 16.1 Å². The van der Waals surface area contributed by atoms with Crippen LogP contribution in [-0.4, -0.2) is 57.6 Å². The van der Waals surface area contributed by atoms with E-state index in [1.54, 1.807) is 17.2 Å². The quantitative estimate of drug-likeness (QED) is 0.840. The third-order valence-electron chi connectivity index (χ3n) is 3.46. The Balaban J connectivity index is 1.89. The molecule has 1 aliphatic heterocycles. The van der Waals surface area contributed by atoms with Gasteiger partial charge < -0.3 is 15.5 Å². The van der Waals surface area contributed by atoms with Gasteiger partial charge in [0, 0.05) is 38.8 Å². The molecular weight excluding hydrogens is 258 g/mol. The highest BCUT2D eigenvalue weighted by molar-refractivity contribution is 5.77. The summed E-state index contributed by atoms with van der Waals surface area (Å²) in [6.07, 6.45) is 3.03. The third-order valence-corrected chi connectivity index (χ3v) is 3.46. The lowest BCUT2D eigenvalue weighted by atomic mass is 10.3. The first-order valence-electron chi connectivity index (χ1n) is 6.94. The van der Waals surface area contributed by atoms with E-state index in [0.717, 1.165) is 13.0 Å². The average Bonchev–Trinajstić information content (AvgIpc) is 2.70. The van der Waals surface area contributed by atoms with Gasteiger partial charge in [0.25, 0.3) is 0 Å². The van der Waals surface area contributed by atoms with E-state index in [0.29, 0.717) is 31.9 Å². The molecule has 0 saturated carbocycles. The molecule has 110 valence electrons. The van der Waals surface area contributed by atoms with Gasteiger partial charge in [-0.25, -0.2) is 0 Å². The molecule has 0 spiro atoms. The van der Waals surface area contributed by atoms with Crippen LogP contribution >= 0.6 is 0 Å². The summed E-state index contributed by atoms with van der Waals surface area (Å²) in [5.74, 6) is 0.575. The van der Waals surface area contributed by atoms with E-state index in [4.69, 9.17) is 5.73 Å². The van der Waals surface area contributed by atoms with Crippen LogP contribution in [0, 0.1) is 0 Å². The Morgan fingerprint density at radius 1 is 1.20 bits per heavy atom. The number of nitrogen functional groups attached to an aromatic ring is 1. The van der Waals surface area contributed by atoms with Crippen molar-refractivity contribution < 1.29 is 9.59 Å². The summed E-state index contributed by atoms with van der Waals surface area (Å²) in [6.45, 7) is 4.66. The molecule has 0 unspecified atom stereocenters. The van der Waals surface area contributed by atoms with Crippen LogP contribution < -0.4 is 5.73 Å². The Hall–Kier alpha value is -2.05. The maximum Gasteiger partial charge on any atom is 0.244 e. The maximum atomic E-state index is 12.2. The van der Waals surface area contributed by atoms with Crippen molar-refractivity contribution in [2.75, 3.05) is 31.9 Å². The summed E-state index contributed by atoms with van der Waals surface area (Å²) in [5.41, 5.74) is 5.52. The molecule has 0 atom stereocenters. The smallest absolute Gasteiger partial charge is 0.244 e. The summed E-state index contributed by atoms with van der Waals surface area (Å²) >= 11 is 0. The largest absolute Gasteiger partial charge is 0.382 e. The zero-order valence-electron chi connectivity index (χ0n) is 11.8. The van der Waals surface area contributed by atoms with E-state index in [1.807, 2.05) is 11.8 Å². The van der Waals surface area contributed by atoms with E-state index in [-0.39, 0.29) is 18.4 Å². The highest BCUT2D eigenvalue weighted by Gasteiger charge is 2.21. The second-order valence-corrected chi connectivity index (χ2v) is 4.91. The molecule has 1 aromatic rings. The van der Waals surface area contributed by atoms with Gasteiger partial charge in [-0.2, -0.15) is 5.10 Å². The number of nitrogens with two attached hydrogens (primary N) is 1. The van der Waals surface area contributed by atoms with Gasteiger partial charge in [-0.15, -0.1) is 0 Å². The summed E-state index contributed by atoms with van der Waals surface area (Å²) < 4.78 is 1.54. The first-order valence-corrected chi connectivity index (χ1v) is 6.94. The van der Waals surface area contributed by atoms with Crippen LogP contribution in [0.2, 0.25) is 0 Å². The molecule has 7 nitrogen and oxygen atoms in total. The van der Waals surface area contributed by atoms with Crippen molar-refractivity contribution >= 4 is 17.6 Å². The highest BCUT2D eigenvalue weighted by Crippen LogP contribution is 2.06. The molecular formula is C13H21N5O2. The predicted molar refractivity (Wildman–Crippen MR) is 74.7 cm³/mol. The molecule has 2 rings (SSSR count). The molecule has 7 heteroatoms. The second kappa shape index (κ2) is 6.40. The van der Waals surface area contributed by atoms with Crippen LogP contribution in [0.15, 0.2) is 12.3 Å². The lowest BCUT2D eigenvalue weighted by molar-refractivity contribution is -0.133. The average molecular weight is 279 g/mol. The van der Waals surface area contributed by atoms with Crippen LogP contribution in [0.3, 0.4) is 0 Å². The monoisotopic (exact) mass is 279 g/mol. The van der Waals surface area contributed by atoms with Crippen molar-refractivity contribution in [1.82, 2.24) is 19.6 Å². The maximum absolute atomic E-state index is 12.2. The Morgan fingerprint density at radius 3 is 2.40 bits per heavy atom. The van der Waals surface area contributed by atoms with Gasteiger partial charge in [0.05, 0.1) is 0 Å². The number of carbonyl (C=O) groups is 2. The molecule has 1 saturated heterocycles. The van der Waals surface area contributed by atoms with Crippen molar-refractivity contribution in [2.45, 2.75) is 26.3 Å². The van der Waals surface area contributed by atoms with Gasteiger partial charge in [0.15, 0.2) is 0 Å². The van der Waals surface area contributed by atoms with E-state index < -0.39 is 0 Å². The van der Waals surface area contributed by atoms with E-state index >= 15 is 0 Å². The molecule has 20 heavy (non-hydrogen) atoms. The van der Waals surface area contributed by atoms with Gasteiger partial charge >= 0.3 is 0 Å². The molecule has 1 fully saturated rings. The Kier molecular flexibility index (Phi) is 4.60. The summed E-state index contributed by atoms with van der Waals surface area (Å²) in [4.78, 5) is 27.5. The molecule has 1 aromatic heterocycles. The highest BCUT2D eigenvalue weighted by atomic mass is 16.2. The molecule has 2 heterocycles. The number of amides is 2. The number of anilines is 1. The number of nitrogens with zero attached hydrogens (tertiary/aromatic N) is 4. The fourth-order valence-electron chi connectivity index (χ4n) is 2.34. The van der Waals surface area contributed by atoms with Crippen LogP contribution in [0.5, 0.6) is 0 Å².